The van der Waals surface area contributed by atoms with E-state index in [0.29, 0.717) is 19.4 Å². The van der Waals surface area contributed by atoms with Crippen LogP contribution in [0.2, 0.25) is 0 Å². The van der Waals surface area contributed by atoms with Crippen LogP contribution in [0.1, 0.15) is 24.8 Å². The van der Waals surface area contributed by atoms with Gasteiger partial charge in [-0.3, -0.25) is 14.4 Å². The van der Waals surface area contributed by atoms with Gasteiger partial charge < -0.3 is 36.8 Å². The summed E-state index contributed by atoms with van der Waals surface area (Å²) in [6.07, 6.45) is 2.02. The largest absolute Gasteiger partial charge is 0.480 e. The van der Waals surface area contributed by atoms with Gasteiger partial charge in [-0.1, -0.05) is 30.3 Å². The lowest BCUT2D eigenvalue weighted by Gasteiger charge is -2.04. The Bertz CT molecular complexity index is 650. The zero-order valence-corrected chi connectivity index (χ0v) is 16.0. The molecule has 1 aromatic rings. The molecule has 0 spiro atoms. The van der Waals surface area contributed by atoms with E-state index in [4.69, 9.17) is 26.2 Å². The highest BCUT2D eigenvalue weighted by Crippen LogP contribution is 2.05. The lowest BCUT2D eigenvalue weighted by atomic mass is 10.1. The van der Waals surface area contributed by atoms with Crippen molar-refractivity contribution in [2.75, 3.05) is 13.1 Å². The van der Waals surface area contributed by atoms with Gasteiger partial charge in [0.05, 0.1) is 6.10 Å². The van der Waals surface area contributed by atoms with Crippen LogP contribution in [-0.2, 0) is 20.8 Å². The highest BCUT2D eigenvalue weighted by Gasteiger charge is 2.27. The Balaban J connectivity index is 0.000000223. The first-order chi connectivity index (χ1) is 13.7. The van der Waals surface area contributed by atoms with Gasteiger partial charge in [-0.25, -0.2) is 0 Å². The maximum absolute atomic E-state index is 10.4. The van der Waals surface area contributed by atoms with E-state index < -0.39 is 36.1 Å². The standard InChI is InChI=1S/C9H11NO2.C5H9NO3.C5H9NO2/c10-8(9(11)12)6-7-4-2-1-3-5-7;7-3-1-4(5(8)9)6-2-3;7-5(8)4-2-1-3-6-4/h1-5,8H,6,10H2,(H,11,12);3-4,6-7H,1-2H2,(H,8,9);4,6H,1-3H2,(H,7,8)/t8-;3-,4+;4-/m010/s1. The predicted octanol–water partition coefficient (Wildman–Crippen LogP) is -0.742. The molecule has 2 aliphatic heterocycles. The van der Waals surface area contributed by atoms with Crippen LogP contribution in [-0.4, -0.2) is 75.7 Å². The Hall–Kier alpha value is -2.53. The fourth-order valence-corrected chi connectivity index (χ4v) is 2.76. The van der Waals surface area contributed by atoms with E-state index >= 15 is 0 Å². The van der Waals surface area contributed by atoms with Crippen molar-refractivity contribution in [3.8, 4) is 0 Å². The summed E-state index contributed by atoms with van der Waals surface area (Å²) in [5, 5.41) is 39.6. The second-order valence-electron chi connectivity index (χ2n) is 6.81. The lowest BCUT2D eigenvalue weighted by Crippen LogP contribution is -2.32. The van der Waals surface area contributed by atoms with Gasteiger partial charge in [0.15, 0.2) is 0 Å². The Morgan fingerprint density at radius 2 is 1.66 bits per heavy atom. The van der Waals surface area contributed by atoms with Gasteiger partial charge in [-0.2, -0.15) is 0 Å². The monoisotopic (exact) mass is 411 g/mol. The summed E-state index contributed by atoms with van der Waals surface area (Å²) in [5.74, 6) is -2.56. The number of nitrogens with one attached hydrogen (secondary N) is 2. The van der Waals surface area contributed by atoms with E-state index in [2.05, 4.69) is 10.6 Å². The second-order valence-corrected chi connectivity index (χ2v) is 6.81. The minimum atomic E-state index is -0.959. The van der Waals surface area contributed by atoms with Crippen molar-refractivity contribution in [1.82, 2.24) is 10.6 Å². The molecule has 0 unspecified atom stereocenters. The van der Waals surface area contributed by atoms with Crippen molar-refractivity contribution in [3.05, 3.63) is 35.9 Å². The minimum Gasteiger partial charge on any atom is -0.480 e. The highest BCUT2D eigenvalue weighted by molar-refractivity contribution is 5.74. The molecule has 0 amide bonds. The number of β-amino-alcohol motifs (C(OH)–C–C–N with tert-alkyl or cyclic N) is 1. The van der Waals surface area contributed by atoms with E-state index in [1.807, 2.05) is 30.3 Å². The molecule has 2 fully saturated rings. The molecule has 4 atom stereocenters. The molecule has 0 radical (unpaired) electrons. The predicted molar refractivity (Wildman–Crippen MR) is 104 cm³/mol. The molecule has 1 aromatic carbocycles. The molecule has 0 aromatic heterocycles. The average molecular weight is 411 g/mol. The fourth-order valence-electron chi connectivity index (χ4n) is 2.76. The van der Waals surface area contributed by atoms with Crippen molar-refractivity contribution in [1.29, 1.82) is 0 Å². The topological polar surface area (TPSA) is 182 Å². The third kappa shape index (κ3) is 9.99. The van der Waals surface area contributed by atoms with Crippen LogP contribution in [0.15, 0.2) is 30.3 Å². The first-order valence-corrected chi connectivity index (χ1v) is 9.33. The summed E-state index contributed by atoms with van der Waals surface area (Å²) in [6.45, 7) is 1.26. The number of carboxylic acid groups (broad SMARTS) is 3. The van der Waals surface area contributed by atoms with Crippen LogP contribution < -0.4 is 16.4 Å². The molecular weight excluding hydrogens is 382 g/mol. The van der Waals surface area contributed by atoms with Crippen molar-refractivity contribution in [3.63, 3.8) is 0 Å². The number of aliphatic carboxylic acids is 3. The zero-order valence-electron chi connectivity index (χ0n) is 16.0. The summed E-state index contributed by atoms with van der Waals surface area (Å²) in [6, 6.07) is 7.73. The van der Waals surface area contributed by atoms with Gasteiger partial charge in [0.1, 0.15) is 18.1 Å². The Labute approximate surface area is 168 Å². The molecule has 0 aliphatic carbocycles. The molecular formula is C19H29N3O7. The normalized spacial score (nSPS) is 23.7. The average Bonchev–Trinajstić information content (AvgIpc) is 3.35. The van der Waals surface area contributed by atoms with Crippen LogP contribution >= 0.6 is 0 Å². The van der Waals surface area contributed by atoms with Crippen LogP contribution in [0, 0.1) is 0 Å². The van der Waals surface area contributed by atoms with Crippen molar-refractivity contribution in [2.45, 2.75) is 49.9 Å². The Kier molecular flexibility index (Phi) is 10.8. The quantitative estimate of drug-likeness (QED) is 0.326. The molecule has 10 nitrogen and oxygen atoms in total. The Morgan fingerprint density at radius 3 is 2.00 bits per heavy atom. The summed E-state index contributed by atoms with van der Waals surface area (Å²) in [4.78, 5) is 30.7. The van der Waals surface area contributed by atoms with Crippen LogP contribution in [0.25, 0.3) is 0 Å². The van der Waals surface area contributed by atoms with Crippen LogP contribution in [0.5, 0.6) is 0 Å². The van der Waals surface area contributed by atoms with Crippen LogP contribution in [0.3, 0.4) is 0 Å². The molecule has 2 heterocycles. The van der Waals surface area contributed by atoms with E-state index in [1.165, 1.54) is 0 Å². The van der Waals surface area contributed by atoms with Gasteiger partial charge in [0.25, 0.3) is 0 Å². The summed E-state index contributed by atoms with van der Waals surface area (Å²) >= 11 is 0. The number of benzene rings is 1. The maximum atomic E-state index is 10.4. The number of hydrogen-bond donors (Lipinski definition) is 7. The first kappa shape index (κ1) is 24.5. The smallest absolute Gasteiger partial charge is 0.320 e. The molecule has 3 rings (SSSR count). The summed E-state index contributed by atoms with van der Waals surface area (Å²) in [5.41, 5.74) is 6.30. The third-order valence-corrected chi connectivity index (χ3v) is 4.38. The van der Waals surface area contributed by atoms with Gasteiger partial charge >= 0.3 is 17.9 Å². The molecule has 0 saturated carbocycles. The first-order valence-electron chi connectivity index (χ1n) is 9.33. The minimum absolute atomic E-state index is 0.269. The summed E-state index contributed by atoms with van der Waals surface area (Å²) in [7, 11) is 0. The summed E-state index contributed by atoms with van der Waals surface area (Å²) < 4.78 is 0. The molecule has 162 valence electrons. The number of carboxylic acids is 3. The van der Waals surface area contributed by atoms with E-state index in [-0.39, 0.29) is 6.04 Å². The van der Waals surface area contributed by atoms with E-state index in [0.717, 1.165) is 24.9 Å². The molecule has 29 heavy (non-hydrogen) atoms. The molecule has 10 heteroatoms. The fraction of sp³-hybridized carbons (Fsp3) is 0.526. The second kappa shape index (κ2) is 12.8. The van der Waals surface area contributed by atoms with E-state index in [1.54, 1.807) is 0 Å². The number of aliphatic hydroxyl groups is 1. The number of aliphatic hydroxyl groups excluding tert-OH is 1. The van der Waals surface area contributed by atoms with Gasteiger partial charge in [-0.15, -0.1) is 0 Å². The number of hydrogen-bond acceptors (Lipinski definition) is 7. The zero-order chi connectivity index (χ0) is 21.8. The maximum Gasteiger partial charge on any atom is 0.320 e. The van der Waals surface area contributed by atoms with Crippen molar-refractivity contribution >= 4 is 17.9 Å². The van der Waals surface area contributed by atoms with E-state index in [9.17, 15) is 14.4 Å². The number of rotatable bonds is 5. The van der Waals surface area contributed by atoms with Gasteiger partial charge in [0, 0.05) is 13.0 Å². The number of carbonyl (C=O) groups is 3. The third-order valence-electron chi connectivity index (χ3n) is 4.38. The van der Waals surface area contributed by atoms with Crippen LogP contribution in [0.4, 0.5) is 0 Å². The lowest BCUT2D eigenvalue weighted by molar-refractivity contribution is -0.140. The van der Waals surface area contributed by atoms with Gasteiger partial charge in [-0.05, 0) is 31.4 Å². The molecule has 2 aliphatic rings. The number of nitrogens with two attached hydrogens (primary N) is 1. The van der Waals surface area contributed by atoms with Crippen molar-refractivity contribution in [2.24, 2.45) is 5.73 Å². The Morgan fingerprint density at radius 1 is 1.03 bits per heavy atom. The van der Waals surface area contributed by atoms with Gasteiger partial charge in [0.2, 0.25) is 0 Å². The molecule has 2 saturated heterocycles. The van der Waals surface area contributed by atoms with Crippen molar-refractivity contribution < 1.29 is 34.8 Å². The molecule has 0 bridgehead atoms. The highest BCUT2D eigenvalue weighted by atomic mass is 16.4. The molecule has 8 N–H and O–H groups in total. The SMILES string of the molecule is N[C@@H](Cc1ccccc1)C(=O)O.O=C(O)[C@@H]1CCCN1.O=C(O)[C@@H]1C[C@@H](O)CN1.